The summed E-state index contributed by atoms with van der Waals surface area (Å²) in [5.74, 6) is 0. The maximum atomic E-state index is 12.8. The van der Waals surface area contributed by atoms with Crippen LogP contribution in [0.2, 0.25) is 0 Å². The third kappa shape index (κ3) is 3.42. The van der Waals surface area contributed by atoms with Crippen LogP contribution in [0.25, 0.3) is 17.0 Å². The molecule has 3 rings (SSSR count). The van der Waals surface area contributed by atoms with Gasteiger partial charge in [0.25, 0.3) is 0 Å². The Balaban J connectivity index is 2.12. The Morgan fingerprint density at radius 2 is 1.81 bits per heavy atom. The molecule has 0 atom stereocenters. The summed E-state index contributed by atoms with van der Waals surface area (Å²) in [6, 6.07) is 17.8. The van der Waals surface area contributed by atoms with Gasteiger partial charge >= 0.3 is 0 Å². The lowest BCUT2D eigenvalue weighted by atomic mass is 10.1. The van der Waals surface area contributed by atoms with Gasteiger partial charge in [-0.05, 0) is 30.7 Å². The van der Waals surface area contributed by atoms with Crippen molar-refractivity contribution >= 4 is 26.8 Å². The highest BCUT2D eigenvalue weighted by atomic mass is 32.2. The molecule has 0 aliphatic rings. The second kappa shape index (κ2) is 7.59. The minimum Gasteiger partial charge on any atom is -0.347 e. The summed E-state index contributed by atoms with van der Waals surface area (Å²) in [7, 11) is -3.83. The van der Waals surface area contributed by atoms with Gasteiger partial charge in [-0.25, -0.2) is 8.42 Å². The molecule has 0 saturated heterocycles. The van der Waals surface area contributed by atoms with Gasteiger partial charge in [0.15, 0.2) is 0 Å². The lowest BCUT2D eigenvalue weighted by Gasteiger charge is -2.02. The highest BCUT2D eigenvalue weighted by molar-refractivity contribution is 7.95. The lowest BCUT2D eigenvalue weighted by Crippen LogP contribution is -2.03. The number of hydrogen-bond acceptors (Lipinski definition) is 3. The maximum Gasteiger partial charge on any atom is 0.216 e. The predicted molar refractivity (Wildman–Crippen MR) is 104 cm³/mol. The summed E-state index contributed by atoms with van der Waals surface area (Å²) in [5.41, 5.74) is 1.79. The van der Waals surface area contributed by atoms with Gasteiger partial charge in [0.2, 0.25) is 9.84 Å². The molecule has 1 heterocycles. The van der Waals surface area contributed by atoms with E-state index in [1.54, 1.807) is 18.2 Å². The van der Waals surface area contributed by atoms with E-state index < -0.39 is 9.84 Å². The van der Waals surface area contributed by atoms with Crippen LogP contribution in [0.5, 0.6) is 0 Å². The Bertz CT molecular complexity index is 1090. The molecular weight excluding hydrogens is 344 g/mol. The lowest BCUT2D eigenvalue weighted by molar-refractivity contribution is 0.603. The van der Waals surface area contributed by atoms with Crippen LogP contribution in [0.15, 0.2) is 70.6 Å². The van der Waals surface area contributed by atoms with E-state index in [-0.39, 0.29) is 9.80 Å². The molecular formula is C21H20N2O2S. The largest absolute Gasteiger partial charge is 0.347 e. The van der Waals surface area contributed by atoms with Crippen molar-refractivity contribution in [2.24, 2.45) is 0 Å². The molecule has 0 radical (unpaired) electrons. The minimum atomic E-state index is -3.83. The summed E-state index contributed by atoms with van der Waals surface area (Å²) >= 11 is 0. The first-order chi connectivity index (χ1) is 12.6. The molecule has 0 bridgehead atoms. The van der Waals surface area contributed by atoms with Gasteiger partial charge in [-0.3, -0.25) is 0 Å². The number of rotatable bonds is 6. The number of aryl methyl sites for hydroxylation is 1. The van der Waals surface area contributed by atoms with Gasteiger partial charge in [-0.2, -0.15) is 5.26 Å². The highest BCUT2D eigenvalue weighted by Gasteiger charge is 2.21. The molecule has 2 aromatic carbocycles. The number of allylic oxidation sites excluding steroid dienone is 1. The van der Waals surface area contributed by atoms with Crippen molar-refractivity contribution in [3.63, 3.8) is 0 Å². The van der Waals surface area contributed by atoms with E-state index in [0.717, 1.165) is 35.9 Å². The van der Waals surface area contributed by atoms with Crippen molar-refractivity contribution in [3.8, 4) is 6.07 Å². The summed E-state index contributed by atoms with van der Waals surface area (Å²) < 4.78 is 27.7. The molecule has 1 aromatic heterocycles. The average Bonchev–Trinajstić information content (AvgIpc) is 3.02. The van der Waals surface area contributed by atoms with Gasteiger partial charge in [0, 0.05) is 29.2 Å². The number of unbranched alkanes of at least 4 members (excludes halogenated alkanes) is 1. The molecule has 26 heavy (non-hydrogen) atoms. The first kappa shape index (κ1) is 18.0. The molecule has 0 N–H and O–H groups in total. The average molecular weight is 364 g/mol. The van der Waals surface area contributed by atoms with Gasteiger partial charge < -0.3 is 4.57 Å². The molecule has 4 nitrogen and oxygen atoms in total. The summed E-state index contributed by atoms with van der Waals surface area (Å²) in [6.45, 7) is 2.99. The zero-order valence-corrected chi connectivity index (χ0v) is 15.4. The van der Waals surface area contributed by atoms with E-state index in [2.05, 4.69) is 11.5 Å². The van der Waals surface area contributed by atoms with Crippen LogP contribution in [0, 0.1) is 11.3 Å². The second-order valence-electron chi connectivity index (χ2n) is 6.09. The fourth-order valence-corrected chi connectivity index (χ4v) is 4.11. The monoisotopic (exact) mass is 364 g/mol. The number of aromatic nitrogens is 1. The molecule has 0 unspecified atom stereocenters. The van der Waals surface area contributed by atoms with Crippen molar-refractivity contribution in [1.82, 2.24) is 4.57 Å². The van der Waals surface area contributed by atoms with Crippen molar-refractivity contribution < 1.29 is 8.42 Å². The number of hydrogen-bond donors (Lipinski definition) is 0. The SMILES string of the molecule is CCCCn1cc(/C=C(/C#N)S(=O)(=O)c2ccccc2)c2ccccc21. The molecule has 0 saturated carbocycles. The third-order valence-electron chi connectivity index (χ3n) is 4.31. The predicted octanol–water partition coefficient (Wildman–Crippen LogP) is 4.78. The number of para-hydroxylation sites is 1. The number of nitrogens with zero attached hydrogens (tertiary/aromatic N) is 2. The topological polar surface area (TPSA) is 62.9 Å². The van der Waals surface area contributed by atoms with Crippen LogP contribution in [0.4, 0.5) is 0 Å². The van der Waals surface area contributed by atoms with E-state index >= 15 is 0 Å². The molecule has 0 aliphatic heterocycles. The molecule has 0 spiro atoms. The Morgan fingerprint density at radius 1 is 1.12 bits per heavy atom. The Labute approximate surface area is 153 Å². The number of fused-ring (bicyclic) bond motifs is 1. The standard InChI is InChI=1S/C21H20N2O2S/c1-2-3-13-23-16-17(20-11-7-8-12-21(20)23)14-19(15-22)26(24,25)18-9-5-4-6-10-18/h4-12,14,16H,2-3,13H2,1H3/b19-14-. The van der Waals surface area contributed by atoms with Crippen molar-refractivity contribution in [1.29, 1.82) is 5.26 Å². The van der Waals surface area contributed by atoms with Crippen molar-refractivity contribution in [2.45, 2.75) is 31.2 Å². The van der Waals surface area contributed by atoms with Crippen LogP contribution in [-0.4, -0.2) is 13.0 Å². The van der Waals surface area contributed by atoms with Gasteiger partial charge in [-0.15, -0.1) is 0 Å². The van der Waals surface area contributed by atoms with E-state index in [9.17, 15) is 13.7 Å². The van der Waals surface area contributed by atoms with Gasteiger partial charge in [-0.1, -0.05) is 49.7 Å². The molecule has 0 aliphatic carbocycles. The Morgan fingerprint density at radius 3 is 2.50 bits per heavy atom. The van der Waals surface area contributed by atoms with Crippen LogP contribution in [0.1, 0.15) is 25.3 Å². The molecule has 5 heteroatoms. The zero-order chi connectivity index (χ0) is 18.6. The van der Waals surface area contributed by atoms with Crippen LogP contribution in [0.3, 0.4) is 0 Å². The second-order valence-corrected chi connectivity index (χ2v) is 8.00. The zero-order valence-electron chi connectivity index (χ0n) is 14.6. The number of nitriles is 1. The van der Waals surface area contributed by atoms with E-state index in [4.69, 9.17) is 0 Å². The molecule has 0 fully saturated rings. The molecule has 132 valence electrons. The smallest absolute Gasteiger partial charge is 0.216 e. The maximum absolute atomic E-state index is 12.8. The number of benzene rings is 2. The van der Waals surface area contributed by atoms with Crippen LogP contribution >= 0.6 is 0 Å². The minimum absolute atomic E-state index is 0.127. The third-order valence-corrected chi connectivity index (χ3v) is 5.99. The van der Waals surface area contributed by atoms with E-state index in [1.807, 2.05) is 36.5 Å². The highest BCUT2D eigenvalue weighted by Crippen LogP contribution is 2.27. The summed E-state index contributed by atoms with van der Waals surface area (Å²) in [6.07, 6.45) is 5.52. The normalized spacial score (nSPS) is 12.2. The number of sulfone groups is 1. The summed E-state index contributed by atoms with van der Waals surface area (Å²) in [4.78, 5) is -0.121. The van der Waals surface area contributed by atoms with E-state index in [0.29, 0.717) is 0 Å². The van der Waals surface area contributed by atoms with Crippen molar-refractivity contribution in [3.05, 3.63) is 71.3 Å². The fourth-order valence-electron chi connectivity index (χ4n) is 2.94. The molecule has 0 amide bonds. The Kier molecular flexibility index (Phi) is 5.24. The van der Waals surface area contributed by atoms with Crippen LogP contribution in [-0.2, 0) is 16.4 Å². The van der Waals surface area contributed by atoms with Gasteiger partial charge in [0.05, 0.1) is 4.90 Å². The molecule has 3 aromatic rings. The fraction of sp³-hybridized carbons (Fsp3) is 0.190. The van der Waals surface area contributed by atoms with Crippen LogP contribution < -0.4 is 0 Å². The first-order valence-corrected chi connectivity index (χ1v) is 10.1. The van der Waals surface area contributed by atoms with E-state index in [1.165, 1.54) is 18.2 Å². The van der Waals surface area contributed by atoms with Crippen molar-refractivity contribution in [2.75, 3.05) is 0 Å². The van der Waals surface area contributed by atoms with Gasteiger partial charge in [0.1, 0.15) is 11.0 Å². The quantitative estimate of drug-likeness (QED) is 0.591. The first-order valence-electron chi connectivity index (χ1n) is 8.57. The summed E-state index contributed by atoms with van der Waals surface area (Å²) in [5, 5.41) is 10.4. The Hall–Kier alpha value is -2.84.